The Kier molecular flexibility index (Phi) is 2.66. The SMILES string of the molecule is N#CC1(F)C=CC([N+](=O)[O-])=C(F)C1Br. The Bertz CT molecular complexity index is 388. The van der Waals surface area contributed by atoms with Crippen molar-refractivity contribution in [2.24, 2.45) is 0 Å². The van der Waals surface area contributed by atoms with Gasteiger partial charge in [0.1, 0.15) is 10.9 Å². The maximum Gasteiger partial charge on any atom is 0.301 e. The summed E-state index contributed by atoms with van der Waals surface area (Å²) in [5.41, 5.74) is -3.42. The van der Waals surface area contributed by atoms with Gasteiger partial charge in [-0.3, -0.25) is 10.1 Å². The lowest BCUT2D eigenvalue weighted by Gasteiger charge is -2.20. The van der Waals surface area contributed by atoms with Crippen LogP contribution >= 0.6 is 15.9 Å². The van der Waals surface area contributed by atoms with E-state index in [1.54, 1.807) is 0 Å². The zero-order valence-electron chi connectivity index (χ0n) is 6.58. The maximum atomic E-state index is 13.4. The lowest BCUT2D eigenvalue weighted by atomic mass is 9.97. The van der Waals surface area contributed by atoms with E-state index in [0.29, 0.717) is 12.2 Å². The first kappa shape index (κ1) is 10.8. The van der Waals surface area contributed by atoms with Gasteiger partial charge in [-0.2, -0.15) is 5.26 Å². The first-order valence-corrected chi connectivity index (χ1v) is 4.31. The van der Waals surface area contributed by atoms with Crippen molar-refractivity contribution in [1.82, 2.24) is 0 Å². The number of nitrogens with zero attached hydrogens (tertiary/aromatic N) is 2. The molecule has 1 aliphatic rings. The highest BCUT2D eigenvalue weighted by Crippen LogP contribution is 2.36. The first-order valence-electron chi connectivity index (χ1n) is 3.40. The van der Waals surface area contributed by atoms with Crippen LogP contribution in [-0.2, 0) is 0 Å². The van der Waals surface area contributed by atoms with Crippen LogP contribution < -0.4 is 0 Å². The van der Waals surface area contributed by atoms with Gasteiger partial charge in [0.2, 0.25) is 5.67 Å². The maximum absolute atomic E-state index is 13.4. The molecule has 0 fully saturated rings. The minimum Gasteiger partial charge on any atom is -0.258 e. The number of hydrogen-bond donors (Lipinski definition) is 0. The number of halogens is 3. The fraction of sp³-hybridized carbons (Fsp3) is 0.286. The van der Waals surface area contributed by atoms with Crippen molar-refractivity contribution in [3.05, 3.63) is 33.8 Å². The van der Waals surface area contributed by atoms with Gasteiger partial charge in [-0.15, -0.1) is 0 Å². The molecule has 0 aliphatic heterocycles. The summed E-state index contributed by atoms with van der Waals surface area (Å²) >= 11 is 2.56. The zero-order valence-corrected chi connectivity index (χ0v) is 8.16. The fourth-order valence-electron chi connectivity index (χ4n) is 0.921. The Morgan fingerprint density at radius 3 is 2.79 bits per heavy atom. The molecule has 0 saturated heterocycles. The zero-order chi connectivity index (χ0) is 10.9. The van der Waals surface area contributed by atoms with Crippen LogP contribution in [0.2, 0.25) is 0 Å². The van der Waals surface area contributed by atoms with Crippen LogP contribution in [0.3, 0.4) is 0 Å². The lowest BCUT2D eigenvalue weighted by molar-refractivity contribution is -0.421. The minimum absolute atomic E-state index is 0.649. The van der Waals surface area contributed by atoms with E-state index in [2.05, 4.69) is 15.9 Å². The van der Waals surface area contributed by atoms with Crippen molar-refractivity contribution in [1.29, 1.82) is 5.26 Å². The van der Waals surface area contributed by atoms with Gasteiger partial charge >= 0.3 is 5.70 Å². The Morgan fingerprint density at radius 2 is 2.36 bits per heavy atom. The van der Waals surface area contributed by atoms with Gasteiger partial charge in [-0.25, -0.2) is 8.78 Å². The van der Waals surface area contributed by atoms with Crippen molar-refractivity contribution >= 4 is 15.9 Å². The smallest absolute Gasteiger partial charge is 0.258 e. The largest absolute Gasteiger partial charge is 0.301 e. The van der Waals surface area contributed by atoms with Gasteiger partial charge in [0.25, 0.3) is 0 Å². The summed E-state index contributed by atoms with van der Waals surface area (Å²) in [6.45, 7) is 0. The molecule has 0 heterocycles. The summed E-state index contributed by atoms with van der Waals surface area (Å²) in [6.07, 6.45) is 1.31. The van der Waals surface area contributed by atoms with E-state index < -0.39 is 26.9 Å². The molecular weight excluding hydrogens is 262 g/mol. The van der Waals surface area contributed by atoms with Crippen molar-refractivity contribution in [2.75, 3.05) is 0 Å². The summed E-state index contributed by atoms with van der Waals surface area (Å²) < 4.78 is 26.5. The summed E-state index contributed by atoms with van der Waals surface area (Å²) in [7, 11) is 0. The molecule has 2 atom stereocenters. The van der Waals surface area contributed by atoms with E-state index in [4.69, 9.17) is 5.26 Å². The summed E-state index contributed by atoms with van der Waals surface area (Å²) in [5.74, 6) is -1.29. The van der Waals surface area contributed by atoms with Crippen LogP contribution in [0.5, 0.6) is 0 Å². The number of nitro groups is 1. The molecule has 0 aromatic carbocycles. The van der Waals surface area contributed by atoms with Gasteiger partial charge < -0.3 is 0 Å². The highest BCUT2D eigenvalue weighted by Gasteiger charge is 2.45. The quantitative estimate of drug-likeness (QED) is 0.413. The Morgan fingerprint density at radius 1 is 1.79 bits per heavy atom. The Labute approximate surface area is 85.8 Å². The first-order chi connectivity index (χ1) is 6.42. The third-order valence-electron chi connectivity index (χ3n) is 1.69. The summed E-state index contributed by atoms with van der Waals surface area (Å²) in [5, 5.41) is 18.6. The average molecular weight is 265 g/mol. The predicted octanol–water partition coefficient (Wildman–Crippen LogP) is 2.01. The van der Waals surface area contributed by atoms with E-state index in [0.717, 1.165) is 0 Å². The minimum atomic E-state index is -2.58. The molecule has 0 spiro atoms. The van der Waals surface area contributed by atoms with E-state index >= 15 is 0 Å². The predicted molar refractivity (Wildman–Crippen MR) is 46.4 cm³/mol. The number of nitriles is 1. The molecule has 0 amide bonds. The van der Waals surface area contributed by atoms with Crippen molar-refractivity contribution in [3.8, 4) is 6.07 Å². The molecule has 1 rings (SSSR count). The van der Waals surface area contributed by atoms with Crippen LogP contribution in [0, 0.1) is 21.4 Å². The van der Waals surface area contributed by atoms with Gasteiger partial charge in [0, 0.05) is 6.08 Å². The monoisotopic (exact) mass is 264 g/mol. The highest BCUT2D eigenvalue weighted by molar-refractivity contribution is 9.09. The molecule has 0 bridgehead atoms. The average Bonchev–Trinajstić information content (AvgIpc) is 2.14. The number of hydrogen-bond acceptors (Lipinski definition) is 3. The van der Waals surface area contributed by atoms with Crippen molar-refractivity contribution < 1.29 is 13.7 Å². The van der Waals surface area contributed by atoms with Crippen LogP contribution in [-0.4, -0.2) is 15.4 Å². The lowest BCUT2D eigenvalue weighted by Crippen LogP contribution is -2.34. The molecule has 14 heavy (non-hydrogen) atoms. The molecule has 2 unspecified atom stereocenters. The van der Waals surface area contributed by atoms with E-state index in [9.17, 15) is 18.9 Å². The van der Waals surface area contributed by atoms with Gasteiger partial charge in [0.15, 0.2) is 5.83 Å². The normalized spacial score (nSPS) is 31.4. The van der Waals surface area contributed by atoms with E-state index in [1.807, 2.05) is 0 Å². The second kappa shape index (κ2) is 3.46. The third-order valence-corrected chi connectivity index (χ3v) is 2.76. The van der Waals surface area contributed by atoms with E-state index in [1.165, 1.54) is 6.07 Å². The molecule has 0 radical (unpaired) electrons. The van der Waals surface area contributed by atoms with Crippen LogP contribution in [0.4, 0.5) is 8.78 Å². The summed E-state index contributed by atoms with van der Waals surface area (Å²) in [4.78, 5) is 7.63. The molecule has 0 saturated carbocycles. The molecule has 0 N–H and O–H groups in total. The molecule has 7 heteroatoms. The molecule has 0 aromatic rings. The second-order valence-corrected chi connectivity index (χ2v) is 3.48. The standard InChI is InChI=1S/C7H3BrF2N2O2/c8-6-5(9)4(12(13)14)1-2-7(6,10)3-11/h1-2,6H. The van der Waals surface area contributed by atoms with Gasteiger partial charge in [-0.1, -0.05) is 15.9 Å². The number of allylic oxidation sites excluding steroid dienone is 3. The summed E-state index contributed by atoms with van der Waals surface area (Å²) in [6, 6.07) is 1.22. The van der Waals surface area contributed by atoms with Gasteiger partial charge in [0.05, 0.1) is 4.92 Å². The number of alkyl halides is 2. The van der Waals surface area contributed by atoms with Crippen LogP contribution in [0.15, 0.2) is 23.7 Å². The van der Waals surface area contributed by atoms with Crippen molar-refractivity contribution in [2.45, 2.75) is 10.5 Å². The van der Waals surface area contributed by atoms with Crippen LogP contribution in [0.1, 0.15) is 0 Å². The molecule has 1 aliphatic carbocycles. The van der Waals surface area contributed by atoms with E-state index in [-0.39, 0.29) is 0 Å². The Balaban J connectivity index is 3.19. The highest BCUT2D eigenvalue weighted by atomic mass is 79.9. The Hall–Kier alpha value is -1.29. The third kappa shape index (κ3) is 1.53. The van der Waals surface area contributed by atoms with Crippen LogP contribution in [0.25, 0.3) is 0 Å². The fourth-order valence-corrected chi connectivity index (χ4v) is 1.41. The second-order valence-electron chi connectivity index (χ2n) is 2.57. The van der Waals surface area contributed by atoms with Gasteiger partial charge in [-0.05, 0) is 6.08 Å². The topological polar surface area (TPSA) is 66.9 Å². The number of rotatable bonds is 1. The molecule has 74 valence electrons. The molecular formula is C7H3BrF2N2O2. The van der Waals surface area contributed by atoms with Crippen molar-refractivity contribution in [3.63, 3.8) is 0 Å². The molecule has 4 nitrogen and oxygen atoms in total. The molecule has 0 aromatic heterocycles.